The van der Waals surface area contributed by atoms with Crippen molar-refractivity contribution in [2.45, 2.75) is 0 Å². The number of benzene rings is 1. The van der Waals surface area contributed by atoms with Crippen molar-refractivity contribution in [2.24, 2.45) is 17.0 Å². The molecular weight excluding hydrogens is 278 g/mol. The van der Waals surface area contributed by atoms with Crippen LogP contribution in [0.2, 0.25) is 0 Å². The van der Waals surface area contributed by atoms with Crippen LogP contribution in [0.4, 0.5) is 5.69 Å². The van der Waals surface area contributed by atoms with Crippen molar-refractivity contribution in [3.63, 3.8) is 0 Å². The van der Waals surface area contributed by atoms with E-state index in [0.29, 0.717) is 18.2 Å². The summed E-state index contributed by atoms with van der Waals surface area (Å²) in [6.45, 7) is 1.44. The zero-order valence-corrected chi connectivity index (χ0v) is 12.2. The minimum absolute atomic E-state index is 0.170. The van der Waals surface area contributed by atoms with Crippen LogP contribution in [0.25, 0.3) is 0 Å². The largest absolute Gasteiger partial charge is 0.347 e. The Morgan fingerprint density at radius 3 is 2.91 bits per heavy atom. The van der Waals surface area contributed by atoms with Gasteiger partial charge in [0.15, 0.2) is 0 Å². The normalized spacial score (nSPS) is 15.8. The maximum atomic E-state index is 12.4. The number of aromatic nitrogens is 1. The summed E-state index contributed by atoms with van der Waals surface area (Å²) in [6.07, 6.45) is 1.84. The number of nitrogens with zero attached hydrogens (tertiary/aromatic N) is 4. The van der Waals surface area contributed by atoms with Crippen LogP contribution in [-0.4, -0.2) is 40.3 Å². The van der Waals surface area contributed by atoms with Gasteiger partial charge in [-0.1, -0.05) is 12.1 Å². The lowest BCUT2D eigenvalue weighted by atomic mass is 10.1. The minimum Gasteiger partial charge on any atom is -0.347 e. The number of carbonyl (C=O) groups excluding carboxylic acids is 1. The number of rotatable bonds is 1. The number of amides is 1. The highest BCUT2D eigenvalue weighted by Gasteiger charge is 2.30. The Kier molecular flexibility index (Phi) is 2.82. The van der Waals surface area contributed by atoms with Crippen LogP contribution in [0.5, 0.6) is 0 Å². The van der Waals surface area contributed by atoms with Gasteiger partial charge in [0.2, 0.25) is 5.96 Å². The molecule has 1 amide bonds. The van der Waals surface area contributed by atoms with E-state index in [1.165, 1.54) is 0 Å². The number of hydrogen-bond acceptors (Lipinski definition) is 4. The molecule has 1 aromatic carbocycles. The summed E-state index contributed by atoms with van der Waals surface area (Å²) in [4.78, 5) is 23.5. The fraction of sp³-hybridized carbons (Fsp3) is 0.188. The highest BCUT2D eigenvalue weighted by molar-refractivity contribution is 6.19. The first-order valence-corrected chi connectivity index (χ1v) is 7.17. The first-order chi connectivity index (χ1) is 10.7. The lowest BCUT2D eigenvalue weighted by molar-refractivity contribution is 0.0966. The van der Waals surface area contributed by atoms with E-state index >= 15 is 0 Å². The smallest absolute Gasteiger partial charge is 0.274 e. The Hall–Kier alpha value is -2.89. The number of amidine groups is 1. The molecule has 4 rings (SSSR count). The molecule has 2 aromatic rings. The standard InChI is InChI=1S/C16H15N5O/c1-20-9-4-7-13(20)15(22)19-16-18-12-6-3-2-5-11(12)14-17-8-10-21(14)16/h2-7,9H,8,10H2,1H3,(H,18,19,22). The van der Waals surface area contributed by atoms with Gasteiger partial charge in [0, 0.05) is 25.4 Å². The van der Waals surface area contributed by atoms with Crippen LogP contribution in [0, 0.1) is 0 Å². The number of aliphatic imine (C=N–C) groups is 2. The molecule has 1 aromatic heterocycles. The molecule has 2 aliphatic heterocycles. The average Bonchev–Trinajstić information content (AvgIpc) is 3.16. The zero-order valence-electron chi connectivity index (χ0n) is 12.2. The van der Waals surface area contributed by atoms with E-state index in [-0.39, 0.29) is 5.91 Å². The van der Waals surface area contributed by atoms with Crippen molar-refractivity contribution in [3.05, 3.63) is 53.9 Å². The number of fused-ring (bicyclic) bond motifs is 3. The summed E-state index contributed by atoms with van der Waals surface area (Å²) in [5, 5.41) is 2.91. The molecule has 0 unspecified atom stereocenters. The first-order valence-electron chi connectivity index (χ1n) is 7.17. The Bertz CT molecular complexity index is 817. The highest BCUT2D eigenvalue weighted by atomic mass is 16.2. The van der Waals surface area contributed by atoms with E-state index in [9.17, 15) is 4.79 Å². The number of para-hydroxylation sites is 1. The Morgan fingerprint density at radius 2 is 2.09 bits per heavy atom. The molecule has 6 nitrogen and oxygen atoms in total. The van der Waals surface area contributed by atoms with Gasteiger partial charge in [0.1, 0.15) is 11.5 Å². The Labute approximate surface area is 127 Å². The van der Waals surface area contributed by atoms with E-state index < -0.39 is 0 Å². The van der Waals surface area contributed by atoms with E-state index in [0.717, 1.165) is 23.6 Å². The van der Waals surface area contributed by atoms with Crippen LogP contribution in [0.1, 0.15) is 16.1 Å². The molecule has 6 heteroatoms. The molecule has 3 heterocycles. The molecule has 0 saturated heterocycles. The van der Waals surface area contributed by atoms with E-state index in [4.69, 9.17) is 0 Å². The predicted molar refractivity (Wildman–Crippen MR) is 84.5 cm³/mol. The van der Waals surface area contributed by atoms with Gasteiger partial charge < -0.3 is 4.57 Å². The molecule has 0 radical (unpaired) electrons. The second kappa shape index (κ2) is 4.84. The second-order valence-corrected chi connectivity index (χ2v) is 5.27. The van der Waals surface area contributed by atoms with E-state index in [1.54, 1.807) is 10.6 Å². The van der Waals surface area contributed by atoms with Crippen LogP contribution in [-0.2, 0) is 7.05 Å². The van der Waals surface area contributed by atoms with Gasteiger partial charge in [-0.05, 0) is 24.3 Å². The minimum atomic E-state index is -0.170. The van der Waals surface area contributed by atoms with Crippen LogP contribution in [0.3, 0.4) is 0 Å². The molecule has 110 valence electrons. The van der Waals surface area contributed by atoms with Crippen molar-refractivity contribution >= 4 is 23.4 Å². The molecule has 0 fully saturated rings. The van der Waals surface area contributed by atoms with Gasteiger partial charge in [-0.15, -0.1) is 0 Å². The van der Waals surface area contributed by atoms with Crippen molar-refractivity contribution < 1.29 is 4.79 Å². The highest BCUT2D eigenvalue weighted by Crippen LogP contribution is 2.27. The van der Waals surface area contributed by atoms with E-state index in [1.807, 2.05) is 48.5 Å². The van der Waals surface area contributed by atoms with Crippen LogP contribution >= 0.6 is 0 Å². The number of nitrogens with one attached hydrogen (secondary N) is 1. The Balaban J connectivity index is 1.70. The summed E-state index contributed by atoms with van der Waals surface area (Å²) in [6, 6.07) is 11.5. The molecule has 1 N–H and O–H groups in total. The summed E-state index contributed by atoms with van der Waals surface area (Å²) in [5.74, 6) is 1.26. The van der Waals surface area contributed by atoms with Crippen LogP contribution < -0.4 is 5.32 Å². The molecule has 0 spiro atoms. The zero-order chi connectivity index (χ0) is 15.1. The predicted octanol–water partition coefficient (Wildman–Crippen LogP) is 1.52. The van der Waals surface area contributed by atoms with Gasteiger partial charge in [-0.25, -0.2) is 4.99 Å². The fourth-order valence-electron chi connectivity index (χ4n) is 2.78. The van der Waals surface area contributed by atoms with Gasteiger partial charge in [-0.3, -0.25) is 20.0 Å². The van der Waals surface area contributed by atoms with Crippen molar-refractivity contribution in [3.8, 4) is 0 Å². The Morgan fingerprint density at radius 1 is 1.23 bits per heavy atom. The molecular formula is C16H15N5O. The fourth-order valence-corrected chi connectivity index (χ4v) is 2.78. The van der Waals surface area contributed by atoms with Crippen molar-refractivity contribution in [1.82, 2.24) is 14.8 Å². The number of carbonyl (C=O) groups is 1. The van der Waals surface area contributed by atoms with Crippen molar-refractivity contribution in [1.29, 1.82) is 0 Å². The maximum absolute atomic E-state index is 12.4. The molecule has 0 atom stereocenters. The molecule has 0 aliphatic carbocycles. The number of guanidine groups is 1. The quantitative estimate of drug-likeness (QED) is 0.866. The van der Waals surface area contributed by atoms with Gasteiger partial charge in [0.25, 0.3) is 5.91 Å². The van der Waals surface area contributed by atoms with E-state index in [2.05, 4.69) is 15.3 Å². The first kappa shape index (κ1) is 12.8. The number of aryl methyl sites for hydroxylation is 1. The SMILES string of the molecule is Cn1cccc1C(=O)NC1=Nc2ccccc2C2=NCCN12. The number of hydrogen-bond donors (Lipinski definition) is 1. The third-order valence-electron chi connectivity index (χ3n) is 3.87. The lowest BCUT2D eigenvalue weighted by Crippen LogP contribution is -2.47. The summed E-state index contributed by atoms with van der Waals surface area (Å²) < 4.78 is 1.78. The van der Waals surface area contributed by atoms with Gasteiger partial charge >= 0.3 is 0 Å². The summed E-state index contributed by atoms with van der Waals surface area (Å²) in [5.41, 5.74) is 2.44. The lowest BCUT2D eigenvalue weighted by Gasteiger charge is -2.27. The second-order valence-electron chi connectivity index (χ2n) is 5.27. The third-order valence-corrected chi connectivity index (χ3v) is 3.87. The molecule has 2 aliphatic rings. The maximum Gasteiger partial charge on any atom is 0.274 e. The summed E-state index contributed by atoms with van der Waals surface area (Å²) >= 11 is 0. The van der Waals surface area contributed by atoms with Gasteiger partial charge in [0.05, 0.1) is 12.2 Å². The third kappa shape index (κ3) is 1.92. The molecule has 22 heavy (non-hydrogen) atoms. The van der Waals surface area contributed by atoms with Crippen molar-refractivity contribution in [2.75, 3.05) is 13.1 Å². The average molecular weight is 293 g/mol. The molecule has 0 saturated carbocycles. The van der Waals surface area contributed by atoms with Gasteiger partial charge in [-0.2, -0.15) is 0 Å². The monoisotopic (exact) mass is 293 g/mol. The van der Waals surface area contributed by atoms with Crippen LogP contribution in [0.15, 0.2) is 52.6 Å². The topological polar surface area (TPSA) is 62.0 Å². The molecule has 0 bridgehead atoms. The summed E-state index contributed by atoms with van der Waals surface area (Å²) in [7, 11) is 1.84.